The smallest absolute Gasteiger partial charge is 0.236 e. The van der Waals surface area contributed by atoms with Gasteiger partial charge in [0, 0.05) is 44.7 Å². The molecule has 1 heterocycles. The van der Waals surface area contributed by atoms with E-state index in [1.165, 1.54) is 10.5 Å². The Bertz CT molecular complexity index is 429. The number of likely N-dealkylation sites (N-methyl/N-ethyl adjacent to an activating group) is 1. The van der Waals surface area contributed by atoms with Gasteiger partial charge in [-0.25, -0.2) is 0 Å². The van der Waals surface area contributed by atoms with Crippen LogP contribution in [0.15, 0.2) is 29.2 Å². The highest BCUT2D eigenvalue weighted by atomic mass is 32.2. The lowest BCUT2D eigenvalue weighted by Gasteiger charge is -2.28. The molecule has 1 aromatic rings. The Hall–Kier alpha value is -1.04. The normalized spacial score (nSPS) is 16.1. The number of thioether (sulfide) groups is 1. The highest BCUT2D eigenvalue weighted by Crippen LogP contribution is 2.15. The largest absolute Gasteiger partial charge is 0.340 e. The van der Waals surface area contributed by atoms with E-state index in [2.05, 4.69) is 40.7 Å². The van der Waals surface area contributed by atoms with Crippen molar-refractivity contribution in [2.24, 2.45) is 0 Å². The van der Waals surface area contributed by atoms with Gasteiger partial charge in [0.1, 0.15) is 0 Å². The summed E-state index contributed by atoms with van der Waals surface area (Å²) in [5.41, 5.74) is 1.18. The van der Waals surface area contributed by atoms with Crippen LogP contribution in [-0.4, -0.2) is 61.7 Å². The minimum absolute atomic E-state index is 0.195. The van der Waals surface area contributed by atoms with E-state index in [-0.39, 0.29) is 5.91 Å². The van der Waals surface area contributed by atoms with E-state index in [4.69, 9.17) is 0 Å². The number of rotatable bonds is 5. The molecule has 1 aliphatic rings. The van der Waals surface area contributed by atoms with Crippen LogP contribution in [0.4, 0.5) is 0 Å². The van der Waals surface area contributed by atoms with E-state index in [0.717, 1.165) is 26.2 Å². The van der Waals surface area contributed by atoms with Crippen LogP contribution in [0.2, 0.25) is 0 Å². The van der Waals surface area contributed by atoms with Crippen molar-refractivity contribution < 1.29 is 4.79 Å². The van der Waals surface area contributed by atoms with E-state index in [9.17, 15) is 4.79 Å². The van der Waals surface area contributed by atoms with Crippen LogP contribution in [-0.2, 0) is 11.3 Å². The van der Waals surface area contributed by atoms with E-state index >= 15 is 0 Å². The Balaban J connectivity index is 1.83. The van der Waals surface area contributed by atoms with E-state index in [1.807, 2.05) is 11.9 Å². The van der Waals surface area contributed by atoms with Crippen molar-refractivity contribution in [2.45, 2.75) is 11.4 Å². The third kappa shape index (κ3) is 4.51. The Labute approximate surface area is 125 Å². The summed E-state index contributed by atoms with van der Waals surface area (Å²) in [5, 5.41) is 3.30. The second kappa shape index (κ2) is 7.67. The van der Waals surface area contributed by atoms with E-state index in [0.29, 0.717) is 13.1 Å². The zero-order valence-electron chi connectivity index (χ0n) is 12.3. The first kappa shape index (κ1) is 15.4. The number of nitrogens with one attached hydrogen (secondary N) is 1. The number of carbonyl (C=O) groups excluding carboxylic acids is 1. The average molecular weight is 293 g/mol. The van der Waals surface area contributed by atoms with Gasteiger partial charge in [-0.1, -0.05) is 12.1 Å². The molecule has 1 N–H and O–H groups in total. The Morgan fingerprint density at radius 2 is 1.95 bits per heavy atom. The Morgan fingerprint density at radius 1 is 1.30 bits per heavy atom. The molecule has 0 bridgehead atoms. The minimum Gasteiger partial charge on any atom is -0.340 e. The van der Waals surface area contributed by atoms with Crippen molar-refractivity contribution in [3.63, 3.8) is 0 Å². The number of carbonyl (C=O) groups is 1. The molecule has 5 heteroatoms. The summed E-state index contributed by atoms with van der Waals surface area (Å²) in [6, 6.07) is 8.41. The third-order valence-corrected chi connectivity index (χ3v) is 4.32. The fraction of sp³-hybridized carbons (Fsp3) is 0.533. The quantitative estimate of drug-likeness (QED) is 0.830. The summed E-state index contributed by atoms with van der Waals surface area (Å²) in [6.45, 7) is 5.09. The first-order chi connectivity index (χ1) is 9.69. The van der Waals surface area contributed by atoms with Crippen molar-refractivity contribution in [1.82, 2.24) is 15.1 Å². The lowest BCUT2D eigenvalue weighted by molar-refractivity contribution is -0.131. The van der Waals surface area contributed by atoms with Crippen molar-refractivity contribution in [3.8, 4) is 0 Å². The van der Waals surface area contributed by atoms with Gasteiger partial charge >= 0.3 is 0 Å². The predicted molar refractivity (Wildman–Crippen MR) is 84.0 cm³/mol. The molecule has 0 spiro atoms. The number of piperazine rings is 1. The van der Waals surface area contributed by atoms with Crippen molar-refractivity contribution in [1.29, 1.82) is 0 Å². The van der Waals surface area contributed by atoms with Gasteiger partial charge in [-0.2, -0.15) is 0 Å². The van der Waals surface area contributed by atoms with Crippen molar-refractivity contribution >= 4 is 17.7 Å². The molecule has 0 saturated carbocycles. The molecule has 0 unspecified atom stereocenters. The lowest BCUT2D eigenvalue weighted by atomic mass is 10.2. The summed E-state index contributed by atoms with van der Waals surface area (Å²) < 4.78 is 0. The molecule has 0 aromatic heterocycles. The van der Waals surface area contributed by atoms with Gasteiger partial charge in [0.25, 0.3) is 0 Å². The summed E-state index contributed by atoms with van der Waals surface area (Å²) >= 11 is 1.73. The van der Waals surface area contributed by atoms with Crippen LogP contribution in [0.3, 0.4) is 0 Å². The molecule has 2 rings (SSSR count). The number of nitrogens with zero attached hydrogens (tertiary/aromatic N) is 2. The lowest BCUT2D eigenvalue weighted by Crippen LogP contribution is -2.47. The standard InChI is InChI=1S/C15H23N3OS/c1-17(11-13-3-5-14(20-2)6-4-13)15(19)12-18-9-7-16-8-10-18/h3-6,16H,7-12H2,1-2H3. The van der Waals surface area contributed by atoms with Gasteiger partial charge in [-0.05, 0) is 24.0 Å². The zero-order valence-corrected chi connectivity index (χ0v) is 13.1. The van der Waals surface area contributed by atoms with Gasteiger partial charge in [-0.3, -0.25) is 9.69 Å². The SMILES string of the molecule is CSc1ccc(CN(C)C(=O)CN2CCNCC2)cc1. The summed E-state index contributed by atoms with van der Waals surface area (Å²) in [5.74, 6) is 0.195. The molecule has 1 aromatic carbocycles. The molecule has 1 aliphatic heterocycles. The Morgan fingerprint density at radius 3 is 2.55 bits per heavy atom. The van der Waals surface area contributed by atoms with E-state index < -0.39 is 0 Å². The fourth-order valence-electron chi connectivity index (χ4n) is 2.27. The van der Waals surface area contributed by atoms with Crippen LogP contribution >= 0.6 is 11.8 Å². The zero-order chi connectivity index (χ0) is 14.4. The molecular weight excluding hydrogens is 270 g/mol. The van der Waals surface area contributed by atoms with Crippen LogP contribution < -0.4 is 5.32 Å². The van der Waals surface area contributed by atoms with Crippen molar-refractivity contribution in [3.05, 3.63) is 29.8 Å². The number of hydrogen-bond donors (Lipinski definition) is 1. The maximum Gasteiger partial charge on any atom is 0.236 e. The monoisotopic (exact) mass is 293 g/mol. The highest BCUT2D eigenvalue weighted by molar-refractivity contribution is 7.98. The first-order valence-electron chi connectivity index (χ1n) is 6.99. The van der Waals surface area contributed by atoms with Crippen LogP contribution in [0, 0.1) is 0 Å². The molecule has 4 nitrogen and oxygen atoms in total. The van der Waals surface area contributed by atoms with E-state index in [1.54, 1.807) is 11.8 Å². The van der Waals surface area contributed by atoms with Gasteiger partial charge in [0.05, 0.1) is 6.54 Å². The predicted octanol–water partition coefficient (Wildman–Crippen LogP) is 1.27. The molecule has 0 aliphatic carbocycles. The molecular formula is C15H23N3OS. The number of amides is 1. The highest BCUT2D eigenvalue weighted by Gasteiger charge is 2.16. The second-order valence-corrected chi connectivity index (χ2v) is 6.00. The number of hydrogen-bond acceptors (Lipinski definition) is 4. The van der Waals surface area contributed by atoms with Gasteiger partial charge in [-0.15, -0.1) is 11.8 Å². The second-order valence-electron chi connectivity index (χ2n) is 5.12. The van der Waals surface area contributed by atoms with Gasteiger partial charge in [0.15, 0.2) is 0 Å². The molecule has 0 atom stereocenters. The van der Waals surface area contributed by atoms with Gasteiger partial charge < -0.3 is 10.2 Å². The van der Waals surface area contributed by atoms with Crippen LogP contribution in [0.1, 0.15) is 5.56 Å². The van der Waals surface area contributed by atoms with Crippen molar-refractivity contribution in [2.75, 3.05) is 46.0 Å². The van der Waals surface area contributed by atoms with Crippen LogP contribution in [0.25, 0.3) is 0 Å². The van der Waals surface area contributed by atoms with Crippen LogP contribution in [0.5, 0.6) is 0 Å². The fourth-order valence-corrected chi connectivity index (χ4v) is 2.68. The molecule has 20 heavy (non-hydrogen) atoms. The topological polar surface area (TPSA) is 35.6 Å². The maximum absolute atomic E-state index is 12.2. The average Bonchev–Trinajstić information content (AvgIpc) is 2.49. The summed E-state index contributed by atoms with van der Waals surface area (Å²) in [4.78, 5) is 17.5. The molecule has 1 saturated heterocycles. The Kier molecular flexibility index (Phi) is 5.88. The first-order valence-corrected chi connectivity index (χ1v) is 8.21. The third-order valence-electron chi connectivity index (χ3n) is 3.57. The molecule has 1 fully saturated rings. The number of benzene rings is 1. The summed E-state index contributed by atoms with van der Waals surface area (Å²) in [6.07, 6.45) is 2.07. The minimum atomic E-state index is 0.195. The summed E-state index contributed by atoms with van der Waals surface area (Å²) in [7, 11) is 1.88. The molecule has 0 radical (unpaired) electrons. The molecule has 1 amide bonds. The van der Waals surface area contributed by atoms with Gasteiger partial charge in [0.2, 0.25) is 5.91 Å². The molecule has 110 valence electrons. The maximum atomic E-state index is 12.2.